The molecule has 0 unspecified atom stereocenters. The minimum absolute atomic E-state index is 0. The number of allylic oxidation sites excluding steroid dienone is 4. The zero-order valence-electron chi connectivity index (χ0n) is 20.8. The van der Waals surface area contributed by atoms with Crippen LogP contribution < -0.4 is 10.2 Å². The summed E-state index contributed by atoms with van der Waals surface area (Å²) in [5.74, 6) is -2.23. The Morgan fingerprint density at radius 1 is 0.636 bits per heavy atom. The Kier molecular flexibility index (Phi) is 27.7. The van der Waals surface area contributed by atoms with Crippen LogP contribution in [0.25, 0.3) is 0 Å². The van der Waals surface area contributed by atoms with E-state index in [-0.39, 0.29) is 75.5 Å². The van der Waals surface area contributed by atoms with Gasteiger partial charge in [0.1, 0.15) is 0 Å². The molecule has 0 aromatic rings. The summed E-state index contributed by atoms with van der Waals surface area (Å²) in [5, 5.41) is 20.4. The first kappa shape index (κ1) is 36.2. The molecule has 0 N–H and O–H groups in total. The van der Waals surface area contributed by atoms with Gasteiger partial charge in [0.15, 0.2) is 0 Å². The first-order valence-corrected chi connectivity index (χ1v) is 11.3. The quantitative estimate of drug-likeness (QED) is 0.180. The van der Waals surface area contributed by atoms with Crippen molar-refractivity contribution in [3.05, 3.63) is 24.3 Å². The van der Waals surface area contributed by atoms with E-state index in [4.69, 9.17) is 0 Å². The van der Waals surface area contributed by atoms with Crippen molar-refractivity contribution in [3.63, 3.8) is 0 Å². The van der Waals surface area contributed by atoms with Crippen LogP contribution in [0.4, 0.5) is 0 Å². The minimum atomic E-state index is -1.12. The molecule has 0 aromatic heterocycles. The zero-order valence-corrected chi connectivity index (χ0v) is 23.1. The summed E-state index contributed by atoms with van der Waals surface area (Å²) in [7, 11) is 3.24. The van der Waals surface area contributed by atoms with Gasteiger partial charge in [0.05, 0.1) is 0 Å². The predicted octanol–water partition coefficient (Wildman–Crippen LogP) is 1.06. The molecule has 0 radical (unpaired) electrons. The van der Waals surface area contributed by atoms with Crippen molar-refractivity contribution < 1.29 is 29.4 Å². The van der Waals surface area contributed by atoms with E-state index >= 15 is 0 Å². The molecule has 0 aliphatic rings. The van der Waals surface area contributed by atoms with E-state index in [2.05, 4.69) is 12.2 Å². The van der Waals surface area contributed by atoms with E-state index in [0.29, 0.717) is 12.8 Å². The van der Waals surface area contributed by atoms with Gasteiger partial charge in [-0.1, -0.05) is 24.3 Å². The van der Waals surface area contributed by atoms with Crippen LogP contribution >= 0.6 is 0 Å². The third-order valence-electron chi connectivity index (χ3n) is 4.65. The number of rotatable bonds is 16. The molecule has 33 heavy (non-hydrogen) atoms. The van der Waals surface area contributed by atoms with Gasteiger partial charge in [-0.05, 0) is 52.4 Å². The number of amides is 2. The molecule has 0 heterocycles. The van der Waals surface area contributed by atoms with Gasteiger partial charge in [0.25, 0.3) is 0 Å². The van der Waals surface area contributed by atoms with Crippen molar-refractivity contribution in [1.82, 2.24) is 9.80 Å². The number of carbonyl (C=O) groups excluding carboxylic acids is 4. The number of hydrogen-bond acceptors (Lipinski definition) is 6. The van der Waals surface area contributed by atoms with Crippen LogP contribution in [0.15, 0.2) is 24.3 Å². The monoisotopic (exact) mass is 492 g/mol. The van der Waals surface area contributed by atoms with Crippen molar-refractivity contribution in [1.29, 1.82) is 0 Å². The molecule has 0 bridgehead atoms. The number of nitrogens with zero attached hydrogens (tertiary/aromatic N) is 2. The fraction of sp³-hybridized carbons (Fsp3) is 0.667. The van der Waals surface area contributed by atoms with Crippen LogP contribution in [0.2, 0.25) is 0 Å². The molecule has 0 aliphatic carbocycles. The summed E-state index contributed by atoms with van der Waals surface area (Å²) in [6.07, 6.45) is 14.6. The number of carboxylic acids is 2. The van der Waals surface area contributed by atoms with Gasteiger partial charge < -0.3 is 29.6 Å². The Bertz CT molecular complexity index is 556. The Labute approximate surface area is 229 Å². The number of hydrogen-bond donors (Lipinski definition) is 0. The normalized spacial score (nSPS) is 10.3. The summed E-state index contributed by atoms with van der Waals surface area (Å²) in [6, 6.07) is 0. The van der Waals surface area contributed by atoms with Crippen molar-refractivity contribution in [2.24, 2.45) is 0 Å². The van der Waals surface area contributed by atoms with Gasteiger partial charge in [-0.15, -0.1) is 0 Å². The van der Waals surface area contributed by atoms with Crippen molar-refractivity contribution in [2.75, 3.05) is 27.2 Å². The molecule has 2 amide bonds. The van der Waals surface area contributed by atoms with E-state index in [1.807, 2.05) is 26.0 Å². The van der Waals surface area contributed by atoms with Crippen LogP contribution in [-0.4, -0.2) is 98.5 Å². The molecule has 0 saturated carbocycles. The molecular weight excluding hydrogens is 452 g/mol. The molecule has 184 valence electrons. The van der Waals surface area contributed by atoms with E-state index in [9.17, 15) is 29.4 Å². The van der Waals surface area contributed by atoms with E-state index in [0.717, 1.165) is 38.5 Å². The minimum Gasteiger partial charge on any atom is -0.550 e. The maximum atomic E-state index is 11.5. The van der Waals surface area contributed by atoms with Gasteiger partial charge in [-0.2, -0.15) is 0 Å². The molecule has 0 aromatic carbocycles. The topological polar surface area (TPSA) is 121 Å². The Balaban J connectivity index is -0.000000529. The zero-order chi connectivity index (χ0) is 24.8. The van der Waals surface area contributed by atoms with Crippen LogP contribution in [0.1, 0.15) is 78.1 Å². The molecule has 0 saturated heterocycles. The SMILES string of the molecule is C/C=C/CCCCC(=O)N(C)CCC(=O)[O-].C/C=C/CCCCC(=O)N(C)CCC(=O)[O-].[Ca+2]. The average Bonchev–Trinajstić information content (AvgIpc) is 2.75. The molecule has 0 rings (SSSR count). The molecule has 8 nitrogen and oxygen atoms in total. The fourth-order valence-electron chi connectivity index (χ4n) is 2.56. The summed E-state index contributed by atoms with van der Waals surface area (Å²) in [5.41, 5.74) is 0. The van der Waals surface area contributed by atoms with Gasteiger partial charge >= 0.3 is 37.7 Å². The largest absolute Gasteiger partial charge is 2.00 e. The number of carbonyl (C=O) groups is 4. The average molecular weight is 493 g/mol. The van der Waals surface area contributed by atoms with Crippen molar-refractivity contribution in [3.8, 4) is 0 Å². The first-order valence-electron chi connectivity index (χ1n) is 11.3. The molecule has 0 fully saturated rings. The fourth-order valence-corrected chi connectivity index (χ4v) is 2.56. The van der Waals surface area contributed by atoms with Gasteiger partial charge in [-0.25, -0.2) is 0 Å². The Morgan fingerprint density at radius 2 is 0.970 bits per heavy atom. The summed E-state index contributed by atoms with van der Waals surface area (Å²) >= 11 is 0. The van der Waals surface area contributed by atoms with Crippen LogP contribution in [0.3, 0.4) is 0 Å². The smallest absolute Gasteiger partial charge is 0.550 e. The summed E-state index contributed by atoms with van der Waals surface area (Å²) < 4.78 is 0. The van der Waals surface area contributed by atoms with E-state index in [1.165, 1.54) is 9.80 Å². The van der Waals surface area contributed by atoms with Crippen LogP contribution in [0, 0.1) is 0 Å². The maximum absolute atomic E-state index is 11.5. The van der Waals surface area contributed by atoms with Gasteiger partial charge in [-0.3, -0.25) is 9.59 Å². The Hall–Kier alpha value is -1.38. The number of aliphatic carboxylic acids is 2. The van der Waals surface area contributed by atoms with Crippen molar-refractivity contribution >= 4 is 61.5 Å². The van der Waals surface area contributed by atoms with Crippen molar-refractivity contribution in [2.45, 2.75) is 78.1 Å². The Morgan fingerprint density at radius 3 is 1.24 bits per heavy atom. The number of carboxylic acid groups (broad SMARTS) is 2. The van der Waals surface area contributed by atoms with E-state index < -0.39 is 11.9 Å². The molecule has 0 aliphatic heterocycles. The molecule has 9 heteroatoms. The molecule has 0 spiro atoms. The summed E-state index contributed by atoms with van der Waals surface area (Å²) in [6.45, 7) is 4.41. The first-order chi connectivity index (χ1) is 15.1. The second-order valence-corrected chi connectivity index (χ2v) is 7.50. The van der Waals surface area contributed by atoms with Crippen LogP contribution in [0.5, 0.6) is 0 Å². The molecular formula is C24H40CaN2O6. The second kappa shape index (κ2) is 25.2. The summed E-state index contributed by atoms with van der Waals surface area (Å²) in [4.78, 5) is 46.3. The predicted molar refractivity (Wildman–Crippen MR) is 127 cm³/mol. The van der Waals surface area contributed by atoms with Gasteiger partial charge in [0, 0.05) is 64.8 Å². The number of unbranched alkanes of at least 4 members (excludes halogenated alkanes) is 4. The third kappa shape index (κ3) is 26.8. The maximum Gasteiger partial charge on any atom is 2.00 e. The van der Waals surface area contributed by atoms with Crippen LogP contribution in [-0.2, 0) is 19.2 Å². The van der Waals surface area contributed by atoms with E-state index in [1.54, 1.807) is 14.1 Å². The second-order valence-electron chi connectivity index (χ2n) is 7.50. The van der Waals surface area contributed by atoms with Gasteiger partial charge in [0.2, 0.25) is 11.8 Å². The third-order valence-corrected chi connectivity index (χ3v) is 4.65. The molecule has 0 atom stereocenters. The standard InChI is InChI=1S/2C12H21NO3.Ca/c2*1-3-4-5-6-7-8-11(14)13(2)10-9-12(15)16;/h2*3-4H,5-10H2,1-2H3,(H,15,16);/q;;+2/p-2/b2*4-3+;.